The minimum atomic E-state index is -0.569. The molecule has 0 aromatic heterocycles. The van der Waals surface area contributed by atoms with E-state index in [4.69, 9.17) is 0 Å². The summed E-state index contributed by atoms with van der Waals surface area (Å²) in [7, 11) is 0. The summed E-state index contributed by atoms with van der Waals surface area (Å²) in [5.74, 6) is -1.43. The molecule has 0 aliphatic heterocycles. The molecule has 1 radical (unpaired) electrons. The maximum atomic E-state index is 13.1. The van der Waals surface area contributed by atoms with E-state index < -0.39 is 17.5 Å². The van der Waals surface area contributed by atoms with E-state index in [0.717, 1.165) is 18.2 Å². The molecule has 0 aliphatic carbocycles. The van der Waals surface area contributed by atoms with Crippen molar-refractivity contribution in [3.8, 4) is 5.75 Å². The maximum absolute atomic E-state index is 13.1. The first kappa shape index (κ1) is 13.5. The van der Waals surface area contributed by atoms with Crippen molar-refractivity contribution in [1.29, 1.82) is 0 Å². The van der Waals surface area contributed by atoms with Crippen LogP contribution in [0.4, 0.5) is 4.39 Å². The second kappa shape index (κ2) is 5.17. The molecule has 0 unspecified atom stereocenters. The molecular weight excluding hydrogens is 221 g/mol. The summed E-state index contributed by atoms with van der Waals surface area (Å²) in [6.45, 7) is 7.45. The average molecular weight is 238 g/mol. The lowest BCUT2D eigenvalue weighted by Gasteiger charge is -2.30. The Morgan fingerprint density at radius 3 is 2.18 bits per heavy atom. The molecule has 0 heterocycles. The summed E-state index contributed by atoms with van der Waals surface area (Å²) in [4.78, 5) is 13.7. The molecular formula is C13H17FNO2. The molecule has 1 aromatic rings. The van der Waals surface area contributed by atoms with Crippen LogP contribution in [0.1, 0.15) is 38.1 Å². The zero-order chi connectivity index (χ0) is 13.2. The Bertz CT molecular complexity index is 408. The predicted molar refractivity (Wildman–Crippen MR) is 63.0 cm³/mol. The summed E-state index contributed by atoms with van der Waals surface area (Å²) in [5.41, 5.74) is -0.104. The highest BCUT2D eigenvalue weighted by atomic mass is 19.1. The van der Waals surface area contributed by atoms with Crippen molar-refractivity contribution in [3.63, 3.8) is 0 Å². The number of halogens is 1. The first-order chi connectivity index (χ1) is 7.84. The van der Waals surface area contributed by atoms with Gasteiger partial charge in [0.25, 0.3) is 5.91 Å². The minimum Gasteiger partial charge on any atom is -0.334 e. The van der Waals surface area contributed by atoms with Crippen LogP contribution in [0.3, 0.4) is 0 Å². The van der Waals surface area contributed by atoms with Gasteiger partial charge in [0.05, 0.1) is 5.56 Å². The largest absolute Gasteiger partial charge is 0.334 e. The van der Waals surface area contributed by atoms with E-state index in [0.29, 0.717) is 0 Å². The van der Waals surface area contributed by atoms with E-state index in [1.807, 2.05) is 27.7 Å². The van der Waals surface area contributed by atoms with Gasteiger partial charge in [-0.2, -0.15) is 0 Å². The third-order valence-electron chi connectivity index (χ3n) is 2.52. The highest BCUT2D eigenvalue weighted by molar-refractivity contribution is 5.97. The Morgan fingerprint density at radius 2 is 1.71 bits per heavy atom. The number of carbonyl (C=O) groups is 1. The quantitative estimate of drug-likeness (QED) is 0.796. The molecule has 93 valence electrons. The zero-order valence-electron chi connectivity index (χ0n) is 10.5. The second-order valence-corrected chi connectivity index (χ2v) is 4.54. The number of carbonyl (C=O) groups excluding carboxylic acids is 1. The molecule has 0 saturated heterocycles. The van der Waals surface area contributed by atoms with Gasteiger partial charge >= 0.3 is 0 Å². The summed E-state index contributed by atoms with van der Waals surface area (Å²) < 4.78 is 13.1. The molecule has 0 atom stereocenters. The molecule has 0 aliphatic rings. The van der Waals surface area contributed by atoms with Gasteiger partial charge in [-0.05, 0) is 45.9 Å². The van der Waals surface area contributed by atoms with Crippen LogP contribution in [0.5, 0.6) is 5.75 Å². The van der Waals surface area contributed by atoms with Crippen molar-refractivity contribution >= 4 is 5.91 Å². The fraction of sp³-hybridized carbons (Fsp3) is 0.462. The molecule has 0 N–H and O–H groups in total. The van der Waals surface area contributed by atoms with Crippen molar-refractivity contribution in [1.82, 2.24) is 4.90 Å². The molecule has 0 spiro atoms. The molecule has 0 bridgehead atoms. The van der Waals surface area contributed by atoms with Gasteiger partial charge in [-0.15, -0.1) is 0 Å². The van der Waals surface area contributed by atoms with Crippen molar-refractivity contribution in [3.05, 3.63) is 29.6 Å². The summed E-state index contributed by atoms with van der Waals surface area (Å²) >= 11 is 0. The van der Waals surface area contributed by atoms with Crippen molar-refractivity contribution in [2.45, 2.75) is 39.8 Å². The fourth-order valence-corrected chi connectivity index (χ4v) is 1.87. The number of nitrogens with zero attached hydrogens (tertiary/aromatic N) is 1. The van der Waals surface area contributed by atoms with Gasteiger partial charge in [-0.1, -0.05) is 0 Å². The summed E-state index contributed by atoms with van der Waals surface area (Å²) in [5, 5.41) is 11.5. The second-order valence-electron chi connectivity index (χ2n) is 4.54. The summed E-state index contributed by atoms with van der Waals surface area (Å²) in [6, 6.07) is 3.08. The zero-order valence-corrected chi connectivity index (χ0v) is 10.5. The normalized spacial score (nSPS) is 11.0. The van der Waals surface area contributed by atoms with Crippen LogP contribution < -0.4 is 0 Å². The first-order valence-corrected chi connectivity index (χ1v) is 5.63. The standard InChI is InChI=1S/C13H17FNO2/c1-8(2)15(9(3)4)13(17)11-7-10(14)5-6-12(11)16/h5-9H,1-4H3. The van der Waals surface area contributed by atoms with Crippen LogP contribution in [-0.4, -0.2) is 22.9 Å². The molecule has 1 amide bonds. The Morgan fingerprint density at radius 1 is 1.18 bits per heavy atom. The highest BCUT2D eigenvalue weighted by Crippen LogP contribution is 2.22. The van der Waals surface area contributed by atoms with Gasteiger partial charge in [-0.25, -0.2) is 4.39 Å². The van der Waals surface area contributed by atoms with Crippen LogP contribution in [0.25, 0.3) is 0 Å². The summed E-state index contributed by atoms with van der Waals surface area (Å²) in [6.07, 6.45) is 0. The smallest absolute Gasteiger partial charge is 0.258 e. The van der Waals surface area contributed by atoms with Crippen LogP contribution >= 0.6 is 0 Å². The van der Waals surface area contributed by atoms with E-state index in [2.05, 4.69) is 0 Å². The van der Waals surface area contributed by atoms with Crippen LogP contribution in [0, 0.1) is 5.82 Å². The number of hydrogen-bond acceptors (Lipinski definition) is 1. The van der Waals surface area contributed by atoms with Gasteiger partial charge in [0.1, 0.15) is 5.82 Å². The molecule has 17 heavy (non-hydrogen) atoms. The third-order valence-corrected chi connectivity index (χ3v) is 2.52. The highest BCUT2D eigenvalue weighted by Gasteiger charge is 2.24. The van der Waals surface area contributed by atoms with Crippen molar-refractivity contribution in [2.75, 3.05) is 0 Å². The molecule has 1 rings (SSSR count). The Hall–Kier alpha value is -1.58. The maximum Gasteiger partial charge on any atom is 0.258 e. The Balaban J connectivity index is 3.14. The number of benzene rings is 1. The van der Waals surface area contributed by atoms with Crippen LogP contribution in [0.2, 0.25) is 0 Å². The lowest BCUT2D eigenvalue weighted by molar-refractivity contribution is 0.0638. The topological polar surface area (TPSA) is 40.2 Å². The number of rotatable bonds is 3. The Labute approximate surface area is 101 Å². The van der Waals surface area contributed by atoms with E-state index in [1.165, 1.54) is 0 Å². The molecule has 0 saturated carbocycles. The SMILES string of the molecule is CC(C)N(C(=O)c1cc(F)ccc1[O])C(C)C. The van der Waals surface area contributed by atoms with E-state index in [1.54, 1.807) is 4.90 Å². The van der Waals surface area contributed by atoms with E-state index in [9.17, 15) is 14.3 Å². The van der Waals surface area contributed by atoms with Gasteiger partial charge in [0, 0.05) is 12.1 Å². The Kier molecular flexibility index (Phi) is 4.10. The monoisotopic (exact) mass is 238 g/mol. The number of hydrogen-bond donors (Lipinski definition) is 0. The fourth-order valence-electron chi connectivity index (χ4n) is 1.87. The van der Waals surface area contributed by atoms with Gasteiger partial charge in [0.2, 0.25) is 0 Å². The van der Waals surface area contributed by atoms with Gasteiger partial charge in [-0.3, -0.25) is 9.90 Å². The lowest BCUT2D eigenvalue weighted by Crippen LogP contribution is -2.42. The predicted octanol–water partition coefficient (Wildman–Crippen LogP) is 3.23. The molecule has 0 fully saturated rings. The number of amides is 1. The van der Waals surface area contributed by atoms with Crippen molar-refractivity contribution in [2.24, 2.45) is 0 Å². The van der Waals surface area contributed by atoms with E-state index in [-0.39, 0.29) is 17.6 Å². The lowest BCUT2D eigenvalue weighted by atomic mass is 10.1. The van der Waals surface area contributed by atoms with E-state index >= 15 is 0 Å². The van der Waals surface area contributed by atoms with Gasteiger partial charge < -0.3 is 4.90 Å². The van der Waals surface area contributed by atoms with Crippen molar-refractivity contribution < 1.29 is 14.3 Å². The average Bonchev–Trinajstić information content (AvgIpc) is 2.20. The first-order valence-electron chi connectivity index (χ1n) is 5.63. The third kappa shape index (κ3) is 2.96. The molecule has 4 heteroatoms. The molecule has 1 aromatic carbocycles. The van der Waals surface area contributed by atoms with Crippen LogP contribution in [-0.2, 0) is 5.11 Å². The molecule has 3 nitrogen and oxygen atoms in total. The minimum absolute atomic E-state index is 0.0369. The van der Waals surface area contributed by atoms with Gasteiger partial charge in [0.15, 0.2) is 5.75 Å². The van der Waals surface area contributed by atoms with Crippen LogP contribution in [0.15, 0.2) is 18.2 Å².